The van der Waals surface area contributed by atoms with Crippen LogP contribution in [0.25, 0.3) is 0 Å². The van der Waals surface area contributed by atoms with Crippen molar-refractivity contribution in [3.05, 3.63) is 0 Å². The van der Waals surface area contributed by atoms with Gasteiger partial charge in [-0.1, -0.05) is 13.8 Å². The van der Waals surface area contributed by atoms with E-state index in [0.29, 0.717) is 10.8 Å². The Hall–Kier alpha value is -0.0400. The van der Waals surface area contributed by atoms with Crippen molar-refractivity contribution in [1.82, 2.24) is 0 Å². The standard InChI is InChI=1S/C19H33N/c1-18(2)3-5-19(12-20,6-4-18)17-15-8-13-7-14(10-15)11-16(17)9-13/h13-17H,3-12,20H2,1-2H3. The quantitative estimate of drug-likeness (QED) is 0.783. The molecule has 5 fully saturated rings. The predicted molar refractivity (Wildman–Crippen MR) is 84.3 cm³/mol. The van der Waals surface area contributed by atoms with E-state index >= 15 is 0 Å². The van der Waals surface area contributed by atoms with E-state index in [1.165, 1.54) is 25.7 Å². The second-order valence-electron chi connectivity index (χ2n) is 9.69. The normalized spacial score (nSPS) is 48.5. The highest BCUT2D eigenvalue weighted by atomic mass is 14.7. The number of nitrogens with two attached hydrogens (primary N) is 1. The van der Waals surface area contributed by atoms with E-state index < -0.39 is 0 Å². The summed E-state index contributed by atoms with van der Waals surface area (Å²) in [6.07, 6.45) is 13.5. The zero-order chi connectivity index (χ0) is 14.0. The number of hydrogen-bond donors (Lipinski definition) is 1. The highest BCUT2D eigenvalue weighted by Gasteiger charge is 2.56. The van der Waals surface area contributed by atoms with E-state index in [-0.39, 0.29) is 0 Å². The average molecular weight is 275 g/mol. The zero-order valence-electron chi connectivity index (χ0n) is 13.5. The molecule has 114 valence electrons. The van der Waals surface area contributed by atoms with Gasteiger partial charge in [-0.05, 0) is 105 Å². The molecule has 0 saturated heterocycles. The van der Waals surface area contributed by atoms with Crippen LogP contribution >= 0.6 is 0 Å². The smallest absolute Gasteiger partial charge is 0.00177 e. The highest BCUT2D eigenvalue weighted by molar-refractivity contribution is 5.06. The molecule has 1 nitrogen and oxygen atoms in total. The molecule has 0 aromatic carbocycles. The van der Waals surface area contributed by atoms with Crippen molar-refractivity contribution in [3.63, 3.8) is 0 Å². The maximum absolute atomic E-state index is 6.41. The molecule has 0 amide bonds. The van der Waals surface area contributed by atoms with E-state index in [1.54, 1.807) is 32.1 Å². The molecule has 0 radical (unpaired) electrons. The van der Waals surface area contributed by atoms with E-state index in [4.69, 9.17) is 5.73 Å². The van der Waals surface area contributed by atoms with Gasteiger partial charge >= 0.3 is 0 Å². The Kier molecular flexibility index (Phi) is 3.05. The summed E-state index contributed by atoms with van der Waals surface area (Å²) < 4.78 is 0. The van der Waals surface area contributed by atoms with Gasteiger partial charge in [-0.15, -0.1) is 0 Å². The lowest BCUT2D eigenvalue weighted by Gasteiger charge is -2.61. The van der Waals surface area contributed by atoms with Crippen LogP contribution in [0, 0.1) is 40.4 Å². The summed E-state index contributed by atoms with van der Waals surface area (Å²) in [7, 11) is 0. The van der Waals surface area contributed by atoms with E-state index in [1.807, 2.05) is 0 Å². The molecule has 0 aromatic heterocycles. The minimum atomic E-state index is 0.526. The Morgan fingerprint density at radius 1 is 0.800 bits per heavy atom. The molecule has 5 rings (SSSR count). The fourth-order valence-corrected chi connectivity index (χ4v) is 7.02. The van der Waals surface area contributed by atoms with Gasteiger partial charge in [0.15, 0.2) is 0 Å². The molecular formula is C19H33N. The van der Waals surface area contributed by atoms with Gasteiger partial charge in [-0.3, -0.25) is 0 Å². The van der Waals surface area contributed by atoms with Gasteiger partial charge in [-0.25, -0.2) is 0 Å². The second-order valence-corrected chi connectivity index (χ2v) is 9.69. The van der Waals surface area contributed by atoms with Gasteiger partial charge in [0, 0.05) is 0 Å². The summed E-state index contributed by atoms with van der Waals surface area (Å²) in [5, 5.41) is 0. The molecule has 5 saturated carbocycles. The Balaban J connectivity index is 1.59. The molecule has 0 heterocycles. The molecular weight excluding hydrogens is 242 g/mol. The van der Waals surface area contributed by atoms with Crippen LogP contribution in [0.1, 0.15) is 71.6 Å². The first-order chi connectivity index (χ1) is 9.51. The first kappa shape index (κ1) is 13.6. The van der Waals surface area contributed by atoms with Crippen molar-refractivity contribution in [2.24, 2.45) is 46.2 Å². The lowest BCUT2D eigenvalue weighted by Crippen LogP contribution is -2.55. The van der Waals surface area contributed by atoms with Crippen LogP contribution in [0.3, 0.4) is 0 Å². The highest BCUT2D eigenvalue weighted by Crippen LogP contribution is 2.64. The summed E-state index contributed by atoms with van der Waals surface area (Å²) in [5.41, 5.74) is 7.51. The molecule has 0 aliphatic heterocycles. The maximum atomic E-state index is 6.41. The molecule has 1 heteroatoms. The van der Waals surface area contributed by atoms with Crippen molar-refractivity contribution in [1.29, 1.82) is 0 Å². The van der Waals surface area contributed by atoms with Gasteiger partial charge in [0.05, 0.1) is 0 Å². The van der Waals surface area contributed by atoms with Crippen molar-refractivity contribution in [2.75, 3.05) is 6.54 Å². The van der Waals surface area contributed by atoms with E-state index in [2.05, 4.69) is 13.8 Å². The molecule has 0 unspecified atom stereocenters. The summed E-state index contributed by atoms with van der Waals surface area (Å²) in [6.45, 7) is 5.89. The van der Waals surface area contributed by atoms with Crippen LogP contribution in [0.4, 0.5) is 0 Å². The van der Waals surface area contributed by atoms with Crippen LogP contribution in [0.2, 0.25) is 0 Å². The monoisotopic (exact) mass is 275 g/mol. The van der Waals surface area contributed by atoms with Gasteiger partial charge in [0.2, 0.25) is 0 Å². The fraction of sp³-hybridized carbons (Fsp3) is 1.00. The first-order valence-corrected chi connectivity index (χ1v) is 9.21. The summed E-state index contributed by atoms with van der Waals surface area (Å²) in [6, 6.07) is 0. The van der Waals surface area contributed by atoms with Crippen LogP contribution in [0.5, 0.6) is 0 Å². The Labute approximate surface area is 125 Å². The van der Waals surface area contributed by atoms with Gasteiger partial charge < -0.3 is 5.73 Å². The predicted octanol–water partition coefficient (Wildman–Crippen LogP) is 4.60. The largest absolute Gasteiger partial charge is 0.330 e. The number of rotatable bonds is 2. The lowest BCUT2D eigenvalue weighted by molar-refractivity contribution is -0.113. The molecule has 0 aromatic rings. The van der Waals surface area contributed by atoms with Crippen LogP contribution < -0.4 is 5.73 Å². The third-order valence-corrected chi connectivity index (χ3v) is 7.94. The van der Waals surface area contributed by atoms with Gasteiger partial charge in [0.1, 0.15) is 0 Å². The maximum Gasteiger partial charge on any atom is -0.00177 e. The third kappa shape index (κ3) is 1.99. The molecule has 5 aliphatic carbocycles. The molecule has 5 aliphatic rings. The third-order valence-electron chi connectivity index (χ3n) is 7.94. The first-order valence-electron chi connectivity index (χ1n) is 9.21. The van der Waals surface area contributed by atoms with Gasteiger partial charge in [-0.2, -0.15) is 0 Å². The lowest BCUT2D eigenvalue weighted by atomic mass is 9.44. The Bertz CT molecular complexity index is 345. The summed E-state index contributed by atoms with van der Waals surface area (Å²) in [5.74, 6) is 5.30. The molecule has 0 atom stereocenters. The minimum absolute atomic E-state index is 0.526. The Morgan fingerprint density at radius 2 is 1.30 bits per heavy atom. The Morgan fingerprint density at radius 3 is 1.75 bits per heavy atom. The fourth-order valence-electron chi connectivity index (χ4n) is 7.02. The zero-order valence-corrected chi connectivity index (χ0v) is 13.5. The number of hydrogen-bond acceptors (Lipinski definition) is 1. The minimum Gasteiger partial charge on any atom is -0.330 e. The average Bonchev–Trinajstić information content (AvgIpc) is 2.39. The van der Waals surface area contributed by atoms with E-state index in [9.17, 15) is 0 Å². The van der Waals surface area contributed by atoms with Crippen molar-refractivity contribution < 1.29 is 0 Å². The molecule has 0 spiro atoms. The van der Waals surface area contributed by atoms with Crippen LogP contribution in [0.15, 0.2) is 0 Å². The van der Waals surface area contributed by atoms with Crippen molar-refractivity contribution >= 4 is 0 Å². The van der Waals surface area contributed by atoms with E-state index in [0.717, 1.165) is 36.1 Å². The van der Waals surface area contributed by atoms with Gasteiger partial charge in [0.25, 0.3) is 0 Å². The topological polar surface area (TPSA) is 26.0 Å². The molecule has 20 heavy (non-hydrogen) atoms. The summed E-state index contributed by atoms with van der Waals surface area (Å²) >= 11 is 0. The molecule has 2 N–H and O–H groups in total. The van der Waals surface area contributed by atoms with Crippen molar-refractivity contribution in [3.8, 4) is 0 Å². The second kappa shape index (κ2) is 4.48. The van der Waals surface area contributed by atoms with Crippen LogP contribution in [-0.2, 0) is 0 Å². The molecule has 4 bridgehead atoms. The summed E-state index contributed by atoms with van der Waals surface area (Å²) in [4.78, 5) is 0. The SMILES string of the molecule is CC1(C)CCC(CN)(C2C3CC4CC(C3)CC2C4)CC1. The van der Waals surface area contributed by atoms with Crippen LogP contribution in [-0.4, -0.2) is 6.54 Å². The van der Waals surface area contributed by atoms with Crippen molar-refractivity contribution in [2.45, 2.75) is 71.6 Å².